The first-order valence-corrected chi connectivity index (χ1v) is 9.77. The highest BCUT2D eigenvalue weighted by atomic mass is 16.5. The van der Waals surface area contributed by atoms with Gasteiger partial charge in [0.25, 0.3) is 5.91 Å². The van der Waals surface area contributed by atoms with E-state index < -0.39 is 0 Å². The molecule has 2 aromatic heterocycles. The molecule has 27 heavy (non-hydrogen) atoms. The Balaban J connectivity index is 1.37. The van der Waals surface area contributed by atoms with Gasteiger partial charge in [-0.3, -0.25) is 9.69 Å². The highest BCUT2D eigenvalue weighted by Crippen LogP contribution is 2.45. The van der Waals surface area contributed by atoms with E-state index in [1.54, 1.807) is 12.4 Å². The molecule has 0 aliphatic carbocycles. The van der Waals surface area contributed by atoms with Gasteiger partial charge in [0.15, 0.2) is 5.76 Å². The van der Waals surface area contributed by atoms with E-state index >= 15 is 0 Å². The molecule has 2 saturated heterocycles. The Bertz CT molecular complexity index is 762. The second kappa shape index (κ2) is 7.48. The van der Waals surface area contributed by atoms with Crippen LogP contribution in [0.4, 0.5) is 0 Å². The highest BCUT2D eigenvalue weighted by Gasteiger charge is 2.45. The number of H-pyrrole nitrogens is 1. The summed E-state index contributed by atoms with van der Waals surface area (Å²) in [5.74, 6) is 1.11. The van der Waals surface area contributed by atoms with Gasteiger partial charge in [0.1, 0.15) is 0 Å². The largest absolute Gasteiger partial charge is 0.396 e. The third-order valence-corrected chi connectivity index (χ3v) is 6.45. The molecule has 2 aliphatic heterocycles. The van der Waals surface area contributed by atoms with Gasteiger partial charge < -0.3 is 19.5 Å². The molecule has 2 aliphatic rings. The molecule has 7 heteroatoms. The van der Waals surface area contributed by atoms with Crippen LogP contribution in [-0.2, 0) is 6.54 Å². The quantitative estimate of drug-likeness (QED) is 0.858. The van der Waals surface area contributed by atoms with Gasteiger partial charge in [0.05, 0.1) is 17.8 Å². The van der Waals surface area contributed by atoms with Crippen molar-refractivity contribution in [1.29, 1.82) is 0 Å². The Morgan fingerprint density at radius 3 is 2.78 bits per heavy atom. The summed E-state index contributed by atoms with van der Waals surface area (Å²) in [7, 11) is 0. The zero-order chi connectivity index (χ0) is 18.9. The average Bonchev–Trinajstić information content (AvgIpc) is 3.35. The second-order valence-corrected chi connectivity index (χ2v) is 8.05. The van der Waals surface area contributed by atoms with E-state index in [1.165, 1.54) is 0 Å². The molecule has 146 valence electrons. The molecule has 4 rings (SSSR count). The Hall–Kier alpha value is -2.12. The van der Waals surface area contributed by atoms with Crippen molar-refractivity contribution in [3.05, 3.63) is 41.5 Å². The summed E-state index contributed by atoms with van der Waals surface area (Å²) in [5.41, 5.74) is 1.75. The van der Waals surface area contributed by atoms with Gasteiger partial charge in [0, 0.05) is 44.1 Å². The number of hydrogen-bond acceptors (Lipinski definition) is 5. The predicted molar refractivity (Wildman–Crippen MR) is 100 cm³/mol. The Morgan fingerprint density at radius 2 is 2.15 bits per heavy atom. The first kappa shape index (κ1) is 18.3. The van der Waals surface area contributed by atoms with E-state index in [2.05, 4.69) is 15.0 Å². The zero-order valence-electron chi connectivity index (χ0n) is 15.9. The first-order chi connectivity index (χ1) is 13.1. The molecule has 2 aromatic rings. The maximum atomic E-state index is 12.7. The Kier molecular flexibility index (Phi) is 5.06. The van der Waals surface area contributed by atoms with Crippen LogP contribution in [0.25, 0.3) is 0 Å². The summed E-state index contributed by atoms with van der Waals surface area (Å²) < 4.78 is 5.34. The standard InChI is InChI=1S/C20H28N4O3/c1-15-10-18(27-22-15)13-23-7-3-20(4-8-23)5-9-24(12-17(20)14-25)19(26)16-2-6-21-11-16/h2,6,10-11,17,21,25H,3-5,7-9,12-14H2,1H3/t17-/m0/s1. The molecule has 2 N–H and O–H groups in total. The molecule has 1 amide bonds. The van der Waals surface area contributed by atoms with Crippen molar-refractivity contribution in [2.75, 3.05) is 32.8 Å². The fourth-order valence-corrected chi connectivity index (χ4v) is 4.71. The van der Waals surface area contributed by atoms with Crippen molar-refractivity contribution in [1.82, 2.24) is 19.9 Å². The van der Waals surface area contributed by atoms with Crippen LogP contribution >= 0.6 is 0 Å². The number of hydrogen-bond donors (Lipinski definition) is 2. The lowest BCUT2D eigenvalue weighted by molar-refractivity contribution is -0.0375. The maximum Gasteiger partial charge on any atom is 0.255 e. The van der Waals surface area contributed by atoms with Gasteiger partial charge in [0.2, 0.25) is 0 Å². The van der Waals surface area contributed by atoms with Gasteiger partial charge in [-0.2, -0.15) is 0 Å². The number of carbonyl (C=O) groups is 1. The lowest BCUT2D eigenvalue weighted by Gasteiger charge is -2.51. The number of piperidine rings is 2. The minimum Gasteiger partial charge on any atom is -0.396 e. The van der Waals surface area contributed by atoms with Crippen LogP contribution in [0.3, 0.4) is 0 Å². The molecule has 4 heterocycles. The smallest absolute Gasteiger partial charge is 0.255 e. The van der Waals surface area contributed by atoms with Gasteiger partial charge in [-0.1, -0.05) is 5.16 Å². The highest BCUT2D eigenvalue weighted by molar-refractivity contribution is 5.94. The van der Waals surface area contributed by atoms with E-state index in [0.29, 0.717) is 12.1 Å². The molecular weight excluding hydrogens is 344 g/mol. The fraction of sp³-hybridized carbons (Fsp3) is 0.600. The van der Waals surface area contributed by atoms with Crippen molar-refractivity contribution >= 4 is 5.91 Å². The number of aromatic amines is 1. The number of aliphatic hydroxyl groups is 1. The molecule has 1 atom stereocenters. The van der Waals surface area contributed by atoms with E-state index in [9.17, 15) is 9.90 Å². The van der Waals surface area contributed by atoms with Gasteiger partial charge in [-0.25, -0.2) is 0 Å². The number of amides is 1. The number of likely N-dealkylation sites (tertiary alicyclic amines) is 2. The number of rotatable bonds is 4. The van der Waals surface area contributed by atoms with Gasteiger partial charge in [-0.15, -0.1) is 0 Å². The van der Waals surface area contributed by atoms with Crippen LogP contribution < -0.4 is 0 Å². The predicted octanol–water partition coefficient (Wildman–Crippen LogP) is 2.05. The minimum atomic E-state index is 0.0580. The summed E-state index contributed by atoms with van der Waals surface area (Å²) in [4.78, 5) is 19.9. The summed E-state index contributed by atoms with van der Waals surface area (Å²) in [6.45, 7) is 6.25. The van der Waals surface area contributed by atoms with Crippen LogP contribution in [0.15, 0.2) is 29.0 Å². The normalized spacial score (nSPS) is 23.0. The SMILES string of the molecule is Cc1cc(CN2CCC3(CC2)CCN(C(=O)c2cc[nH]c2)C[C@H]3CO)on1. The fourth-order valence-electron chi connectivity index (χ4n) is 4.71. The van der Waals surface area contributed by atoms with Crippen molar-refractivity contribution < 1.29 is 14.4 Å². The van der Waals surface area contributed by atoms with Crippen molar-refractivity contribution in [2.45, 2.75) is 32.7 Å². The van der Waals surface area contributed by atoms with Crippen molar-refractivity contribution in [2.24, 2.45) is 11.3 Å². The molecule has 0 unspecified atom stereocenters. The minimum absolute atomic E-state index is 0.0580. The Labute approximate surface area is 159 Å². The molecule has 0 radical (unpaired) electrons. The molecule has 0 saturated carbocycles. The van der Waals surface area contributed by atoms with Crippen LogP contribution in [0.2, 0.25) is 0 Å². The molecule has 7 nitrogen and oxygen atoms in total. The number of aryl methyl sites for hydroxylation is 1. The zero-order valence-corrected chi connectivity index (χ0v) is 15.9. The second-order valence-electron chi connectivity index (χ2n) is 8.05. The van der Waals surface area contributed by atoms with Crippen molar-refractivity contribution in [3.8, 4) is 0 Å². The average molecular weight is 372 g/mol. The number of aromatic nitrogens is 2. The van der Waals surface area contributed by atoms with E-state index in [4.69, 9.17) is 4.52 Å². The molecule has 0 bridgehead atoms. The van der Waals surface area contributed by atoms with E-state index in [1.807, 2.05) is 24.0 Å². The van der Waals surface area contributed by atoms with Gasteiger partial charge in [-0.05, 0) is 50.8 Å². The number of aliphatic hydroxyl groups excluding tert-OH is 1. The third kappa shape index (κ3) is 3.66. The van der Waals surface area contributed by atoms with E-state index in [-0.39, 0.29) is 23.8 Å². The van der Waals surface area contributed by atoms with E-state index in [0.717, 1.165) is 56.9 Å². The summed E-state index contributed by atoms with van der Waals surface area (Å²) in [6.07, 6.45) is 6.58. The number of nitrogens with zero attached hydrogens (tertiary/aromatic N) is 3. The van der Waals surface area contributed by atoms with Gasteiger partial charge >= 0.3 is 0 Å². The summed E-state index contributed by atoms with van der Waals surface area (Å²) >= 11 is 0. The molecule has 0 aromatic carbocycles. The monoisotopic (exact) mass is 372 g/mol. The summed E-state index contributed by atoms with van der Waals surface area (Å²) in [5, 5.41) is 14.0. The number of nitrogens with one attached hydrogen (secondary N) is 1. The van der Waals surface area contributed by atoms with Crippen LogP contribution in [0, 0.1) is 18.3 Å². The molecule has 2 fully saturated rings. The summed E-state index contributed by atoms with van der Waals surface area (Å²) in [6, 6.07) is 3.80. The van der Waals surface area contributed by atoms with Crippen molar-refractivity contribution in [3.63, 3.8) is 0 Å². The lowest BCUT2D eigenvalue weighted by Crippen LogP contribution is -2.54. The number of carbonyl (C=O) groups excluding carboxylic acids is 1. The third-order valence-electron chi connectivity index (χ3n) is 6.45. The van der Waals surface area contributed by atoms with Crippen LogP contribution in [-0.4, -0.2) is 63.7 Å². The first-order valence-electron chi connectivity index (χ1n) is 9.77. The maximum absolute atomic E-state index is 12.7. The lowest BCUT2D eigenvalue weighted by atomic mass is 9.64. The molecular formula is C20H28N4O3. The topological polar surface area (TPSA) is 85.6 Å². The molecule has 1 spiro atoms. The van der Waals surface area contributed by atoms with Crippen LogP contribution in [0.1, 0.15) is 41.1 Å². The van der Waals surface area contributed by atoms with Crippen LogP contribution in [0.5, 0.6) is 0 Å². The Morgan fingerprint density at radius 1 is 1.37 bits per heavy atom.